The minimum Gasteiger partial charge on any atom is -0.294 e. The van der Waals surface area contributed by atoms with Crippen LogP contribution in [0.25, 0.3) is 10.9 Å². The van der Waals surface area contributed by atoms with Gasteiger partial charge in [0.25, 0.3) is 0 Å². The number of aromatic nitrogens is 1. The van der Waals surface area contributed by atoms with Gasteiger partial charge in [-0.25, -0.2) is 0 Å². The molecule has 0 saturated carbocycles. The SMILES string of the molecule is CCCCC(=O)c1ccc2ncccc2c1. The van der Waals surface area contributed by atoms with Gasteiger partial charge in [-0.1, -0.05) is 19.4 Å². The number of rotatable bonds is 4. The summed E-state index contributed by atoms with van der Waals surface area (Å²) in [7, 11) is 0. The van der Waals surface area contributed by atoms with Crippen LogP contribution in [0.4, 0.5) is 0 Å². The lowest BCUT2D eigenvalue weighted by Crippen LogP contribution is -1.98. The molecule has 2 aromatic rings. The second-order valence-electron chi connectivity index (χ2n) is 3.94. The van der Waals surface area contributed by atoms with Crippen molar-refractivity contribution in [2.45, 2.75) is 26.2 Å². The van der Waals surface area contributed by atoms with Gasteiger partial charge in [-0.2, -0.15) is 0 Å². The third-order valence-electron chi connectivity index (χ3n) is 2.68. The smallest absolute Gasteiger partial charge is 0.162 e. The fourth-order valence-electron chi connectivity index (χ4n) is 1.73. The van der Waals surface area contributed by atoms with Crippen LogP contribution in [0, 0.1) is 0 Å². The molecule has 82 valence electrons. The van der Waals surface area contributed by atoms with Crippen molar-refractivity contribution in [3.63, 3.8) is 0 Å². The standard InChI is InChI=1S/C14H15NO/c1-2-3-6-14(16)12-7-8-13-11(10-12)5-4-9-15-13/h4-5,7-10H,2-3,6H2,1H3. The molecule has 2 heteroatoms. The first-order chi connectivity index (χ1) is 7.81. The van der Waals surface area contributed by atoms with E-state index < -0.39 is 0 Å². The highest BCUT2D eigenvalue weighted by molar-refractivity contribution is 5.99. The van der Waals surface area contributed by atoms with Gasteiger partial charge < -0.3 is 0 Å². The Balaban J connectivity index is 2.28. The summed E-state index contributed by atoms with van der Waals surface area (Å²) >= 11 is 0. The van der Waals surface area contributed by atoms with Crippen LogP contribution >= 0.6 is 0 Å². The quantitative estimate of drug-likeness (QED) is 0.726. The lowest BCUT2D eigenvalue weighted by Gasteiger charge is -2.02. The first-order valence-electron chi connectivity index (χ1n) is 5.69. The normalized spacial score (nSPS) is 10.6. The van der Waals surface area contributed by atoms with Gasteiger partial charge in [-0.05, 0) is 30.7 Å². The molecule has 0 unspecified atom stereocenters. The van der Waals surface area contributed by atoms with Gasteiger partial charge in [0.05, 0.1) is 5.52 Å². The summed E-state index contributed by atoms with van der Waals surface area (Å²) < 4.78 is 0. The summed E-state index contributed by atoms with van der Waals surface area (Å²) in [5.74, 6) is 0.229. The lowest BCUT2D eigenvalue weighted by molar-refractivity contribution is 0.0980. The number of fused-ring (bicyclic) bond motifs is 1. The van der Waals surface area contributed by atoms with E-state index in [-0.39, 0.29) is 5.78 Å². The van der Waals surface area contributed by atoms with Gasteiger partial charge in [-0.15, -0.1) is 0 Å². The van der Waals surface area contributed by atoms with Gasteiger partial charge in [0.1, 0.15) is 0 Å². The molecule has 0 amide bonds. The summed E-state index contributed by atoms with van der Waals surface area (Å²) in [4.78, 5) is 16.1. The highest BCUT2D eigenvalue weighted by Crippen LogP contribution is 2.15. The average molecular weight is 213 g/mol. The Morgan fingerprint density at radius 1 is 1.31 bits per heavy atom. The van der Waals surface area contributed by atoms with Crippen LogP contribution in [0.2, 0.25) is 0 Å². The third kappa shape index (κ3) is 2.27. The van der Waals surface area contributed by atoms with E-state index in [1.807, 2.05) is 30.3 Å². The number of hydrogen-bond acceptors (Lipinski definition) is 2. The molecule has 0 fully saturated rings. The molecule has 2 nitrogen and oxygen atoms in total. The Morgan fingerprint density at radius 3 is 3.00 bits per heavy atom. The molecule has 16 heavy (non-hydrogen) atoms. The molecule has 2 rings (SSSR count). The fourth-order valence-corrected chi connectivity index (χ4v) is 1.73. The summed E-state index contributed by atoms with van der Waals surface area (Å²) in [6, 6.07) is 9.59. The first-order valence-corrected chi connectivity index (χ1v) is 5.69. The molecule has 0 aliphatic heterocycles. The minimum atomic E-state index is 0.229. The maximum atomic E-state index is 11.8. The van der Waals surface area contributed by atoms with Crippen LogP contribution in [-0.2, 0) is 0 Å². The van der Waals surface area contributed by atoms with E-state index >= 15 is 0 Å². The zero-order chi connectivity index (χ0) is 11.4. The lowest BCUT2D eigenvalue weighted by atomic mass is 10.0. The summed E-state index contributed by atoms with van der Waals surface area (Å²) in [5.41, 5.74) is 1.74. The number of Topliss-reactive ketones (excluding diaryl/α,β-unsaturated/α-hetero) is 1. The predicted octanol–water partition coefficient (Wildman–Crippen LogP) is 3.61. The molecule has 1 heterocycles. The molecule has 0 N–H and O–H groups in total. The number of unbranched alkanes of at least 4 members (excludes halogenated alkanes) is 1. The van der Waals surface area contributed by atoms with Crippen molar-refractivity contribution in [3.8, 4) is 0 Å². The largest absolute Gasteiger partial charge is 0.294 e. The predicted molar refractivity (Wildman–Crippen MR) is 65.6 cm³/mol. The maximum Gasteiger partial charge on any atom is 0.162 e. The van der Waals surface area contributed by atoms with Crippen molar-refractivity contribution >= 4 is 16.7 Å². The van der Waals surface area contributed by atoms with Crippen LogP contribution < -0.4 is 0 Å². The van der Waals surface area contributed by atoms with E-state index in [0.29, 0.717) is 6.42 Å². The Kier molecular flexibility index (Phi) is 3.30. The van der Waals surface area contributed by atoms with Crippen molar-refractivity contribution in [1.82, 2.24) is 4.98 Å². The molecule has 1 aromatic heterocycles. The van der Waals surface area contributed by atoms with E-state index in [9.17, 15) is 4.79 Å². The van der Waals surface area contributed by atoms with Crippen LogP contribution in [0.3, 0.4) is 0 Å². The number of benzene rings is 1. The Bertz CT molecular complexity index is 505. The highest BCUT2D eigenvalue weighted by Gasteiger charge is 2.05. The van der Waals surface area contributed by atoms with Gasteiger partial charge in [0.15, 0.2) is 5.78 Å². The van der Waals surface area contributed by atoms with Crippen molar-refractivity contribution in [3.05, 3.63) is 42.1 Å². The Morgan fingerprint density at radius 2 is 2.19 bits per heavy atom. The van der Waals surface area contributed by atoms with Crippen molar-refractivity contribution in [1.29, 1.82) is 0 Å². The third-order valence-corrected chi connectivity index (χ3v) is 2.68. The Labute approximate surface area is 95.3 Å². The molecule has 0 bridgehead atoms. The van der Waals surface area contributed by atoms with Gasteiger partial charge in [0, 0.05) is 23.6 Å². The van der Waals surface area contributed by atoms with Crippen molar-refractivity contribution in [2.24, 2.45) is 0 Å². The highest BCUT2D eigenvalue weighted by atomic mass is 16.1. The second kappa shape index (κ2) is 4.88. The monoisotopic (exact) mass is 213 g/mol. The minimum absolute atomic E-state index is 0.229. The number of nitrogens with zero attached hydrogens (tertiary/aromatic N) is 1. The van der Waals surface area contributed by atoms with Gasteiger partial charge in [0.2, 0.25) is 0 Å². The first kappa shape index (κ1) is 10.8. The molecular weight excluding hydrogens is 198 g/mol. The van der Waals surface area contributed by atoms with Crippen LogP contribution in [-0.4, -0.2) is 10.8 Å². The van der Waals surface area contributed by atoms with E-state index in [0.717, 1.165) is 29.3 Å². The second-order valence-corrected chi connectivity index (χ2v) is 3.94. The molecule has 0 aliphatic rings. The number of pyridine rings is 1. The summed E-state index contributed by atoms with van der Waals surface area (Å²) in [6.45, 7) is 2.09. The van der Waals surface area contributed by atoms with E-state index in [1.54, 1.807) is 6.20 Å². The van der Waals surface area contributed by atoms with Gasteiger partial charge in [-0.3, -0.25) is 9.78 Å². The maximum absolute atomic E-state index is 11.8. The molecule has 0 radical (unpaired) electrons. The summed E-state index contributed by atoms with van der Waals surface area (Å²) in [5, 5.41) is 1.03. The van der Waals surface area contributed by atoms with Crippen LogP contribution in [0.1, 0.15) is 36.5 Å². The van der Waals surface area contributed by atoms with Crippen molar-refractivity contribution in [2.75, 3.05) is 0 Å². The summed E-state index contributed by atoms with van der Waals surface area (Å²) in [6.07, 6.45) is 4.42. The van der Waals surface area contributed by atoms with Crippen LogP contribution in [0.15, 0.2) is 36.5 Å². The zero-order valence-corrected chi connectivity index (χ0v) is 9.44. The van der Waals surface area contributed by atoms with Gasteiger partial charge >= 0.3 is 0 Å². The number of ketones is 1. The van der Waals surface area contributed by atoms with Crippen LogP contribution in [0.5, 0.6) is 0 Å². The molecule has 0 spiro atoms. The van der Waals surface area contributed by atoms with E-state index in [2.05, 4.69) is 11.9 Å². The zero-order valence-electron chi connectivity index (χ0n) is 9.44. The Hall–Kier alpha value is -1.70. The number of carbonyl (C=O) groups is 1. The molecule has 0 aliphatic carbocycles. The molecule has 0 saturated heterocycles. The topological polar surface area (TPSA) is 30.0 Å². The molecular formula is C14H15NO. The molecule has 0 atom stereocenters. The fraction of sp³-hybridized carbons (Fsp3) is 0.286. The number of hydrogen-bond donors (Lipinski definition) is 0. The van der Waals surface area contributed by atoms with E-state index in [4.69, 9.17) is 0 Å². The van der Waals surface area contributed by atoms with E-state index in [1.165, 1.54) is 0 Å². The van der Waals surface area contributed by atoms with Crippen molar-refractivity contribution < 1.29 is 4.79 Å². The number of carbonyl (C=O) groups excluding carboxylic acids is 1. The average Bonchev–Trinajstić information content (AvgIpc) is 2.35. The molecule has 1 aromatic carbocycles.